The molecule has 3 saturated heterocycles. The van der Waals surface area contributed by atoms with Crippen LogP contribution in [0.5, 0.6) is 11.5 Å². The standard InChI is InChI=1S/C47H76N2O16/c1-15-34-47(10,55)39(52)26(4)36(50)24(2)20-45(8,56-13)40(64-43-37(51)31(49(11)12)18-25(3)60-43)27(5)38(28(6)42(53)62-34)63-35-21-46(9,57-14)41(29(7)61-35)65-44(54)48-22-30-16-17-32-33(19-30)59-23-58-32/h16-17,19,24-29,31,34-35,37-41,43,51-52,55H,15,18,20-23H2,1-14H3,(H,48,54)/t24-,25-,26+,27+,28-,29+,31+,34-,35+,37-,38+,39-,40-,41+,43+,45+,46-,47-/m1/s1. The quantitative estimate of drug-likeness (QED) is 0.230. The molecule has 5 rings (SSSR count). The number of benzene rings is 1. The van der Waals surface area contributed by atoms with Gasteiger partial charge in [-0.15, -0.1) is 0 Å². The molecule has 18 heteroatoms. The number of carbonyl (C=O) groups excluding carboxylic acids is 3. The van der Waals surface area contributed by atoms with E-state index in [1.165, 1.54) is 21.1 Å². The zero-order valence-electron chi connectivity index (χ0n) is 40.7. The molecule has 4 N–H and O–H groups in total. The largest absolute Gasteiger partial charge is 0.459 e. The molecule has 3 fully saturated rings. The third kappa shape index (κ3) is 11.6. The van der Waals surface area contributed by atoms with E-state index in [9.17, 15) is 29.7 Å². The summed E-state index contributed by atoms with van der Waals surface area (Å²) in [5.74, 6) is -3.54. The summed E-state index contributed by atoms with van der Waals surface area (Å²) in [5, 5.41) is 37.9. The van der Waals surface area contributed by atoms with E-state index >= 15 is 0 Å². The minimum atomic E-state index is -2.01. The number of likely N-dealkylation sites (N-methyl/N-ethyl adjacent to an activating group) is 1. The van der Waals surface area contributed by atoms with Gasteiger partial charge in [-0.2, -0.15) is 0 Å². The molecule has 0 aliphatic carbocycles. The van der Waals surface area contributed by atoms with Crippen molar-refractivity contribution >= 4 is 17.8 Å². The second-order valence-corrected chi connectivity index (χ2v) is 19.6. The van der Waals surface area contributed by atoms with Gasteiger partial charge >= 0.3 is 12.1 Å². The number of carbonyl (C=O) groups is 3. The monoisotopic (exact) mass is 925 g/mol. The number of amides is 1. The molecule has 0 spiro atoms. The molecule has 1 aromatic carbocycles. The highest BCUT2D eigenvalue weighted by Gasteiger charge is 2.55. The maximum absolute atomic E-state index is 14.5. The molecule has 0 aromatic heterocycles. The lowest BCUT2D eigenvalue weighted by molar-refractivity contribution is -0.319. The van der Waals surface area contributed by atoms with Gasteiger partial charge in [0.15, 0.2) is 30.2 Å². The number of hydrogen-bond acceptors (Lipinski definition) is 17. The lowest BCUT2D eigenvalue weighted by Gasteiger charge is -2.50. The Kier molecular flexibility index (Phi) is 17.4. The summed E-state index contributed by atoms with van der Waals surface area (Å²) in [6.07, 6.45) is -10.1. The SMILES string of the molecule is CC[C@H]1OC(=O)[C@H](C)[C@@H](O[C@H]2C[C@@](C)(OC)[C@@H](OC(=O)NCc3ccc4c(c3)OCO4)[C@H](C)O2)[C@H](C)[C@@H](O[C@@H]2O[C@H](C)C[C@H](N(C)C)[C@H]2O)[C@@](C)(OC)C[C@@H](C)C(=O)[C@H](C)[C@@H](O)[C@]1(C)O. The number of alkyl carbamates (subject to hydrolysis) is 1. The molecule has 4 aliphatic rings. The first-order valence-corrected chi connectivity index (χ1v) is 22.9. The van der Waals surface area contributed by atoms with E-state index in [2.05, 4.69) is 5.32 Å². The van der Waals surface area contributed by atoms with Crippen molar-refractivity contribution in [1.82, 2.24) is 10.2 Å². The molecule has 0 bridgehead atoms. The van der Waals surface area contributed by atoms with E-state index in [4.69, 9.17) is 47.4 Å². The minimum Gasteiger partial charge on any atom is -0.459 e. The van der Waals surface area contributed by atoms with Crippen LogP contribution in [0.25, 0.3) is 0 Å². The van der Waals surface area contributed by atoms with Gasteiger partial charge < -0.3 is 72.9 Å². The highest BCUT2D eigenvalue weighted by Crippen LogP contribution is 2.42. The number of Topliss-reactive ketones (excluding diaryl/α,β-unsaturated/α-hetero) is 1. The average molecular weight is 925 g/mol. The number of aliphatic hydroxyl groups is 3. The summed E-state index contributed by atoms with van der Waals surface area (Å²) in [7, 11) is 6.74. The number of cyclic esters (lactones) is 1. The van der Waals surface area contributed by atoms with Gasteiger partial charge in [-0.1, -0.05) is 33.8 Å². The molecule has 1 amide bonds. The van der Waals surface area contributed by atoms with Gasteiger partial charge in [0.05, 0.1) is 42.0 Å². The van der Waals surface area contributed by atoms with Crippen LogP contribution in [0, 0.1) is 23.7 Å². The number of ether oxygens (including phenoxy) is 10. The first-order chi connectivity index (χ1) is 30.4. The number of ketones is 1. The number of fused-ring (bicyclic) bond motifs is 1. The number of nitrogens with zero attached hydrogens (tertiary/aromatic N) is 1. The van der Waals surface area contributed by atoms with Crippen molar-refractivity contribution in [3.63, 3.8) is 0 Å². The highest BCUT2D eigenvalue weighted by molar-refractivity contribution is 5.83. The fraction of sp³-hybridized carbons (Fsp3) is 0.809. The molecule has 0 unspecified atom stereocenters. The van der Waals surface area contributed by atoms with Gasteiger partial charge in [-0.05, 0) is 92.6 Å². The molecular formula is C47H76N2O16. The van der Waals surface area contributed by atoms with E-state index in [1.807, 2.05) is 38.9 Å². The van der Waals surface area contributed by atoms with E-state index < -0.39 is 108 Å². The molecule has 18 nitrogen and oxygen atoms in total. The number of nitrogens with one attached hydrogen (secondary N) is 1. The molecule has 0 radical (unpaired) electrons. The molecule has 0 saturated carbocycles. The maximum Gasteiger partial charge on any atom is 0.407 e. The van der Waals surface area contributed by atoms with Crippen LogP contribution in [0.1, 0.15) is 100 Å². The second-order valence-electron chi connectivity index (χ2n) is 19.6. The third-order valence-electron chi connectivity index (χ3n) is 14.3. The molecular weight excluding hydrogens is 849 g/mol. The van der Waals surface area contributed by atoms with Crippen LogP contribution in [0.15, 0.2) is 18.2 Å². The highest BCUT2D eigenvalue weighted by atomic mass is 16.7. The lowest BCUT2D eigenvalue weighted by atomic mass is 9.74. The van der Waals surface area contributed by atoms with Crippen molar-refractivity contribution in [1.29, 1.82) is 0 Å². The van der Waals surface area contributed by atoms with Crippen molar-refractivity contribution < 1.29 is 77.1 Å². The van der Waals surface area contributed by atoms with Crippen molar-refractivity contribution in [2.45, 2.75) is 186 Å². The van der Waals surface area contributed by atoms with Gasteiger partial charge in [0, 0.05) is 51.0 Å². The van der Waals surface area contributed by atoms with Gasteiger partial charge in [-0.25, -0.2) is 4.79 Å². The number of methoxy groups -OCH3 is 2. The maximum atomic E-state index is 14.5. The van der Waals surface area contributed by atoms with Crippen molar-refractivity contribution in [2.75, 3.05) is 35.1 Å². The first-order valence-electron chi connectivity index (χ1n) is 22.9. The minimum absolute atomic E-state index is 0.0421. The predicted molar refractivity (Wildman–Crippen MR) is 235 cm³/mol. The van der Waals surface area contributed by atoms with Crippen LogP contribution >= 0.6 is 0 Å². The Balaban J connectivity index is 1.49. The Labute approximate surface area is 384 Å². The normalized spacial score (nSPS) is 42.0. The van der Waals surface area contributed by atoms with E-state index in [1.54, 1.807) is 60.6 Å². The zero-order valence-corrected chi connectivity index (χ0v) is 40.7. The van der Waals surface area contributed by atoms with E-state index in [-0.39, 0.29) is 50.5 Å². The fourth-order valence-corrected chi connectivity index (χ4v) is 10.2. The Morgan fingerprint density at radius 1 is 0.892 bits per heavy atom. The molecule has 4 aliphatic heterocycles. The number of hydrogen-bond donors (Lipinski definition) is 4. The summed E-state index contributed by atoms with van der Waals surface area (Å²) < 4.78 is 61.8. The van der Waals surface area contributed by atoms with Crippen molar-refractivity contribution in [3.05, 3.63) is 23.8 Å². The Morgan fingerprint density at radius 2 is 1.54 bits per heavy atom. The smallest absolute Gasteiger partial charge is 0.407 e. The van der Waals surface area contributed by atoms with Crippen molar-refractivity contribution in [3.8, 4) is 11.5 Å². The predicted octanol–water partition coefficient (Wildman–Crippen LogP) is 4.10. The van der Waals surface area contributed by atoms with Crippen LogP contribution in [-0.4, -0.2) is 157 Å². The molecule has 1 aromatic rings. The van der Waals surface area contributed by atoms with Gasteiger partial charge in [0.1, 0.15) is 29.2 Å². The Morgan fingerprint density at radius 3 is 2.17 bits per heavy atom. The molecule has 4 heterocycles. The number of rotatable bonds is 11. The Bertz CT molecular complexity index is 1780. The zero-order chi connectivity index (χ0) is 48.3. The van der Waals surface area contributed by atoms with Crippen LogP contribution in [0.4, 0.5) is 4.79 Å². The molecule has 18 atom stereocenters. The summed E-state index contributed by atoms with van der Waals surface area (Å²) in [6, 6.07) is 5.05. The Hall–Kier alpha value is -3.17. The number of esters is 1. The summed E-state index contributed by atoms with van der Waals surface area (Å²) >= 11 is 0. The third-order valence-corrected chi connectivity index (χ3v) is 14.3. The average Bonchev–Trinajstić information content (AvgIpc) is 3.74. The molecule has 370 valence electrons. The van der Waals surface area contributed by atoms with Gasteiger partial charge in [0.25, 0.3) is 0 Å². The van der Waals surface area contributed by atoms with Gasteiger partial charge in [-0.3, -0.25) is 9.59 Å². The van der Waals surface area contributed by atoms with Crippen LogP contribution in [-0.2, 0) is 54.0 Å². The van der Waals surface area contributed by atoms with Crippen molar-refractivity contribution in [2.24, 2.45) is 23.7 Å². The topological polar surface area (TPSA) is 219 Å². The summed E-state index contributed by atoms with van der Waals surface area (Å²) in [4.78, 5) is 43.8. The number of aliphatic hydroxyl groups excluding tert-OH is 2. The van der Waals surface area contributed by atoms with Crippen LogP contribution in [0.2, 0.25) is 0 Å². The first kappa shape index (κ1) is 52.8. The van der Waals surface area contributed by atoms with Crippen LogP contribution in [0.3, 0.4) is 0 Å². The van der Waals surface area contributed by atoms with Gasteiger partial charge in [0.2, 0.25) is 6.79 Å². The van der Waals surface area contributed by atoms with E-state index in [0.29, 0.717) is 17.9 Å². The van der Waals surface area contributed by atoms with Crippen LogP contribution < -0.4 is 14.8 Å². The second kappa shape index (κ2) is 21.4. The summed E-state index contributed by atoms with van der Waals surface area (Å²) in [6.45, 7) is 17.3. The lowest BCUT2D eigenvalue weighted by Crippen LogP contribution is -2.62. The summed E-state index contributed by atoms with van der Waals surface area (Å²) in [5.41, 5.74) is -3.70. The fourth-order valence-electron chi connectivity index (χ4n) is 10.2. The molecule has 65 heavy (non-hydrogen) atoms. The van der Waals surface area contributed by atoms with E-state index in [0.717, 1.165) is 5.56 Å².